The second-order valence-corrected chi connectivity index (χ2v) is 11.5. The van der Waals surface area contributed by atoms with Crippen LogP contribution in [0.1, 0.15) is 64.5 Å². The molecule has 0 heterocycles. The summed E-state index contributed by atoms with van der Waals surface area (Å²) in [6.07, 6.45) is 1.90. The maximum atomic E-state index is 13.7. The number of amides is 1. The normalized spacial score (nSPS) is 18.8. The fourth-order valence-electron chi connectivity index (χ4n) is 4.68. The lowest BCUT2D eigenvalue weighted by Crippen LogP contribution is -2.45. The zero-order chi connectivity index (χ0) is 26.6. The number of hydrogen-bond donors (Lipinski definition) is 1. The highest BCUT2D eigenvalue weighted by Crippen LogP contribution is 2.49. The minimum atomic E-state index is -0.156. The van der Waals surface area contributed by atoms with Gasteiger partial charge in [-0.3, -0.25) is 4.79 Å². The molecule has 3 aromatic carbocycles. The molecule has 3 aromatic rings. The van der Waals surface area contributed by atoms with Crippen LogP contribution in [-0.4, -0.2) is 24.1 Å². The van der Waals surface area contributed by atoms with E-state index in [-0.39, 0.29) is 23.5 Å². The van der Waals surface area contributed by atoms with Crippen LogP contribution in [0.2, 0.25) is 0 Å². The fourth-order valence-corrected chi connectivity index (χ4v) is 4.68. The predicted molar refractivity (Wildman–Crippen MR) is 153 cm³/mol. The molecule has 0 bridgehead atoms. The van der Waals surface area contributed by atoms with Crippen molar-refractivity contribution in [3.63, 3.8) is 0 Å². The van der Waals surface area contributed by atoms with Gasteiger partial charge in [0.15, 0.2) is 0 Å². The topological polar surface area (TPSA) is 55.6 Å². The molecule has 4 nitrogen and oxygen atoms in total. The van der Waals surface area contributed by atoms with E-state index >= 15 is 0 Å². The van der Waals surface area contributed by atoms with Gasteiger partial charge in [-0.15, -0.1) is 0 Å². The van der Waals surface area contributed by atoms with Crippen LogP contribution < -0.4 is 10.6 Å². The largest absolute Gasteiger partial charge is 0.371 e. The van der Waals surface area contributed by atoms with Crippen LogP contribution in [0.5, 0.6) is 0 Å². The van der Waals surface area contributed by atoms with Crippen molar-refractivity contribution in [1.29, 1.82) is 0 Å². The lowest BCUT2D eigenvalue weighted by Gasteiger charge is -2.29. The zero-order valence-corrected chi connectivity index (χ0v) is 23.0. The number of rotatable bonds is 10. The minimum absolute atomic E-state index is 0.0223. The van der Waals surface area contributed by atoms with Crippen LogP contribution in [0, 0.1) is 11.8 Å². The molecule has 1 aliphatic rings. The summed E-state index contributed by atoms with van der Waals surface area (Å²) in [6, 6.07) is 27.1. The molecular formula is C33H42N2O2. The van der Waals surface area contributed by atoms with Crippen molar-refractivity contribution in [1.82, 2.24) is 0 Å². The van der Waals surface area contributed by atoms with Crippen LogP contribution in [0.4, 0.5) is 5.69 Å². The Morgan fingerprint density at radius 1 is 0.973 bits per heavy atom. The van der Waals surface area contributed by atoms with E-state index in [1.807, 2.05) is 11.0 Å². The van der Waals surface area contributed by atoms with Crippen molar-refractivity contribution in [2.45, 2.75) is 71.6 Å². The Hall–Kier alpha value is -2.95. The Morgan fingerprint density at radius 3 is 2.14 bits per heavy atom. The van der Waals surface area contributed by atoms with Gasteiger partial charge in [0.05, 0.1) is 12.2 Å². The average Bonchev–Trinajstić information content (AvgIpc) is 3.71. The van der Waals surface area contributed by atoms with E-state index < -0.39 is 0 Å². The number of carbonyl (C=O) groups is 1. The Balaban J connectivity index is 1.50. The number of ether oxygens (including phenoxy) is 1. The van der Waals surface area contributed by atoms with E-state index in [1.165, 1.54) is 5.56 Å². The molecule has 0 aliphatic heterocycles. The monoisotopic (exact) mass is 498 g/mol. The van der Waals surface area contributed by atoms with Gasteiger partial charge < -0.3 is 15.4 Å². The van der Waals surface area contributed by atoms with Gasteiger partial charge in [0, 0.05) is 24.2 Å². The van der Waals surface area contributed by atoms with Crippen molar-refractivity contribution < 1.29 is 9.53 Å². The summed E-state index contributed by atoms with van der Waals surface area (Å²) in [4.78, 5) is 15.7. The van der Waals surface area contributed by atoms with Crippen molar-refractivity contribution in [3.05, 3.63) is 90.0 Å². The molecule has 0 aromatic heterocycles. The summed E-state index contributed by atoms with van der Waals surface area (Å²) < 4.78 is 5.89. The number of nitrogens with two attached hydrogens (primary N) is 1. The second-order valence-electron chi connectivity index (χ2n) is 11.5. The molecule has 37 heavy (non-hydrogen) atoms. The van der Waals surface area contributed by atoms with E-state index in [9.17, 15) is 4.79 Å². The van der Waals surface area contributed by atoms with Gasteiger partial charge in [0.2, 0.25) is 5.91 Å². The molecule has 0 saturated heterocycles. The number of hydrogen-bond acceptors (Lipinski definition) is 3. The summed E-state index contributed by atoms with van der Waals surface area (Å²) >= 11 is 0. The number of carbonyl (C=O) groups excluding carboxylic acids is 1. The Bertz CT molecular complexity index is 1150. The van der Waals surface area contributed by atoms with E-state index in [0.717, 1.165) is 35.2 Å². The molecule has 2 N–H and O–H groups in total. The first-order chi connectivity index (χ1) is 17.7. The highest BCUT2D eigenvalue weighted by atomic mass is 16.5. The molecule has 196 valence electrons. The van der Waals surface area contributed by atoms with Crippen LogP contribution in [0.25, 0.3) is 11.1 Å². The van der Waals surface area contributed by atoms with E-state index in [1.54, 1.807) is 0 Å². The fraction of sp³-hybridized carbons (Fsp3) is 0.424. The van der Waals surface area contributed by atoms with Crippen molar-refractivity contribution in [3.8, 4) is 11.1 Å². The van der Waals surface area contributed by atoms with Gasteiger partial charge >= 0.3 is 0 Å². The second kappa shape index (κ2) is 11.6. The van der Waals surface area contributed by atoms with Crippen LogP contribution >= 0.6 is 0 Å². The predicted octanol–water partition coefficient (Wildman–Crippen LogP) is 7.18. The van der Waals surface area contributed by atoms with Crippen LogP contribution in [0.15, 0.2) is 78.9 Å². The number of benzene rings is 3. The SMILES string of the molecule is CC[C@H](C)[C@H](N)CN(C(=O)[C@@H]1C[C@H]1c1ccccc1)c1ccc(-c2ccc(COC(C)(C)C)cc2)cc1. The molecule has 0 spiro atoms. The first-order valence-electron chi connectivity index (χ1n) is 13.6. The van der Waals surface area contributed by atoms with Gasteiger partial charge in [-0.1, -0.05) is 87.0 Å². The first kappa shape index (κ1) is 27.1. The van der Waals surface area contributed by atoms with Gasteiger partial charge in [0.25, 0.3) is 0 Å². The smallest absolute Gasteiger partial charge is 0.230 e. The molecule has 1 aliphatic carbocycles. The molecule has 1 fully saturated rings. The Labute approximate surface area is 222 Å². The third kappa shape index (κ3) is 7.09. The summed E-state index contributed by atoms with van der Waals surface area (Å²) in [5.41, 5.74) is 12.0. The zero-order valence-electron chi connectivity index (χ0n) is 23.0. The lowest BCUT2D eigenvalue weighted by molar-refractivity contribution is -0.120. The van der Waals surface area contributed by atoms with Crippen LogP contribution in [0.3, 0.4) is 0 Å². The van der Waals surface area contributed by atoms with Gasteiger partial charge in [-0.2, -0.15) is 0 Å². The van der Waals surface area contributed by atoms with Crippen LogP contribution in [-0.2, 0) is 16.1 Å². The molecule has 4 atom stereocenters. The molecule has 4 rings (SSSR count). The summed E-state index contributed by atoms with van der Waals surface area (Å²) in [6.45, 7) is 11.7. The van der Waals surface area contributed by atoms with Crippen molar-refractivity contribution in [2.24, 2.45) is 17.6 Å². The average molecular weight is 499 g/mol. The number of nitrogens with zero attached hydrogens (tertiary/aromatic N) is 1. The first-order valence-corrected chi connectivity index (χ1v) is 13.6. The van der Waals surface area contributed by atoms with E-state index in [2.05, 4.69) is 107 Å². The van der Waals surface area contributed by atoms with E-state index in [4.69, 9.17) is 10.5 Å². The van der Waals surface area contributed by atoms with Gasteiger partial charge in [-0.05, 0) is 73.4 Å². The molecular weight excluding hydrogens is 456 g/mol. The third-order valence-electron chi connectivity index (χ3n) is 7.51. The standard InChI is InChI=1S/C33H42N2O2/c1-6-23(2)31(34)21-35(32(36)30-20-29(30)27-10-8-7-9-11-27)28-18-16-26(17-19-28)25-14-12-24(13-15-25)22-37-33(3,4)5/h7-19,23,29-31H,6,20-22,34H2,1-5H3/t23-,29-,30+,31+/m0/s1. The molecule has 1 saturated carbocycles. The van der Waals surface area contributed by atoms with Gasteiger partial charge in [-0.25, -0.2) is 0 Å². The van der Waals surface area contributed by atoms with E-state index in [0.29, 0.717) is 25.0 Å². The Morgan fingerprint density at radius 2 is 1.57 bits per heavy atom. The quantitative estimate of drug-likeness (QED) is 0.322. The third-order valence-corrected chi connectivity index (χ3v) is 7.51. The molecule has 0 unspecified atom stereocenters. The Kier molecular flexibility index (Phi) is 8.51. The van der Waals surface area contributed by atoms with Gasteiger partial charge in [0.1, 0.15) is 0 Å². The lowest BCUT2D eigenvalue weighted by atomic mass is 9.98. The molecule has 0 radical (unpaired) electrons. The highest BCUT2D eigenvalue weighted by molar-refractivity contribution is 5.97. The summed E-state index contributed by atoms with van der Waals surface area (Å²) in [5, 5.41) is 0. The van der Waals surface area contributed by atoms with Crippen molar-refractivity contribution >= 4 is 11.6 Å². The minimum Gasteiger partial charge on any atom is -0.371 e. The highest BCUT2D eigenvalue weighted by Gasteiger charge is 2.46. The summed E-state index contributed by atoms with van der Waals surface area (Å²) in [7, 11) is 0. The molecule has 4 heteroatoms. The summed E-state index contributed by atoms with van der Waals surface area (Å²) in [5.74, 6) is 0.855. The molecule has 1 amide bonds. The maximum absolute atomic E-state index is 13.7. The van der Waals surface area contributed by atoms with Crippen molar-refractivity contribution in [2.75, 3.05) is 11.4 Å². The maximum Gasteiger partial charge on any atom is 0.230 e. The number of anilines is 1.